The van der Waals surface area contributed by atoms with Crippen LogP contribution in [0.2, 0.25) is 0 Å². The van der Waals surface area contributed by atoms with Gasteiger partial charge in [0.15, 0.2) is 0 Å². The molecule has 2 aromatic rings. The normalized spacial score (nSPS) is 19.9. The summed E-state index contributed by atoms with van der Waals surface area (Å²) in [5.74, 6) is 0.483. The molecule has 136 valence electrons. The number of nitrogens with zero attached hydrogens (tertiary/aromatic N) is 4. The first-order valence-electron chi connectivity index (χ1n) is 8.31. The lowest BCUT2D eigenvalue weighted by Gasteiger charge is -2.38. The Morgan fingerprint density at radius 1 is 1.42 bits per heavy atom. The molecule has 0 radical (unpaired) electrons. The number of hydrogen-bond acceptors (Lipinski definition) is 7. The molecule has 8 heteroatoms. The van der Waals surface area contributed by atoms with E-state index in [4.69, 9.17) is 10.00 Å². The summed E-state index contributed by atoms with van der Waals surface area (Å²) < 4.78 is 19.6. The largest absolute Gasteiger partial charge is 0.394 e. The number of halogens is 1. The Kier molecular flexibility index (Phi) is 5.30. The second-order valence-corrected chi connectivity index (χ2v) is 6.13. The number of aliphatic hydroxyl groups excluding tert-OH is 1. The van der Waals surface area contributed by atoms with Crippen LogP contribution in [0.3, 0.4) is 0 Å². The first kappa shape index (κ1) is 18.0. The van der Waals surface area contributed by atoms with E-state index in [0.29, 0.717) is 36.2 Å². The third kappa shape index (κ3) is 3.59. The predicted octanol–water partition coefficient (Wildman–Crippen LogP) is 1.78. The summed E-state index contributed by atoms with van der Waals surface area (Å²) >= 11 is 0. The number of rotatable bonds is 4. The standard InChI is InChI=1S/C18H20FN5O2/c1-11-10-26-14(9-25)8-24(11)17-6-16(22-18(21-2)23-17)12-3-4-13(7-20)15(19)5-12/h3-6,11,14,25H,8-10H2,1-2H3,(H,21,22,23)/t11-,14+/m1/s1. The smallest absolute Gasteiger partial charge is 0.224 e. The van der Waals surface area contributed by atoms with Crippen molar-refractivity contribution in [1.29, 1.82) is 5.26 Å². The fraction of sp³-hybridized carbons (Fsp3) is 0.389. The van der Waals surface area contributed by atoms with Crippen molar-refractivity contribution in [1.82, 2.24) is 9.97 Å². The van der Waals surface area contributed by atoms with Gasteiger partial charge in [-0.2, -0.15) is 10.2 Å². The molecular formula is C18H20FN5O2. The maximum Gasteiger partial charge on any atom is 0.224 e. The highest BCUT2D eigenvalue weighted by Gasteiger charge is 2.27. The molecule has 1 aliphatic rings. The predicted molar refractivity (Wildman–Crippen MR) is 95.3 cm³/mol. The number of aromatic nitrogens is 2. The molecule has 1 aliphatic heterocycles. The van der Waals surface area contributed by atoms with Crippen LogP contribution in [0.1, 0.15) is 12.5 Å². The fourth-order valence-electron chi connectivity index (χ4n) is 2.85. The minimum atomic E-state index is -0.587. The van der Waals surface area contributed by atoms with Gasteiger partial charge in [-0.05, 0) is 19.1 Å². The zero-order chi connectivity index (χ0) is 18.7. The van der Waals surface area contributed by atoms with E-state index >= 15 is 0 Å². The average Bonchev–Trinajstić information content (AvgIpc) is 2.67. The topological polar surface area (TPSA) is 94.3 Å². The van der Waals surface area contributed by atoms with Crippen molar-refractivity contribution in [2.24, 2.45) is 0 Å². The van der Waals surface area contributed by atoms with Gasteiger partial charge in [-0.1, -0.05) is 6.07 Å². The van der Waals surface area contributed by atoms with Crippen molar-refractivity contribution < 1.29 is 14.2 Å². The molecule has 0 aliphatic carbocycles. The molecule has 1 fully saturated rings. The number of nitriles is 1. The second kappa shape index (κ2) is 7.64. The number of anilines is 2. The molecule has 0 spiro atoms. The lowest BCUT2D eigenvalue weighted by atomic mass is 10.1. The minimum Gasteiger partial charge on any atom is -0.394 e. The molecule has 1 aromatic carbocycles. The van der Waals surface area contributed by atoms with E-state index in [1.165, 1.54) is 12.1 Å². The Morgan fingerprint density at radius 2 is 2.23 bits per heavy atom. The number of benzene rings is 1. The number of aliphatic hydroxyl groups is 1. The van der Waals surface area contributed by atoms with E-state index in [1.54, 1.807) is 19.2 Å². The van der Waals surface area contributed by atoms with Crippen molar-refractivity contribution in [2.45, 2.75) is 19.1 Å². The summed E-state index contributed by atoms with van der Waals surface area (Å²) in [4.78, 5) is 10.9. The number of morpholine rings is 1. The van der Waals surface area contributed by atoms with Gasteiger partial charge >= 0.3 is 0 Å². The quantitative estimate of drug-likeness (QED) is 0.861. The first-order chi connectivity index (χ1) is 12.5. The fourth-order valence-corrected chi connectivity index (χ4v) is 2.85. The van der Waals surface area contributed by atoms with Crippen LogP contribution in [0.25, 0.3) is 11.3 Å². The van der Waals surface area contributed by atoms with Gasteiger partial charge < -0.3 is 20.1 Å². The third-order valence-electron chi connectivity index (χ3n) is 4.32. The van der Waals surface area contributed by atoms with Gasteiger partial charge in [0.2, 0.25) is 5.95 Å². The lowest BCUT2D eigenvalue weighted by Crippen LogP contribution is -2.50. The van der Waals surface area contributed by atoms with Gasteiger partial charge in [0.1, 0.15) is 17.7 Å². The Morgan fingerprint density at radius 3 is 2.88 bits per heavy atom. The van der Waals surface area contributed by atoms with Gasteiger partial charge in [-0.25, -0.2) is 9.37 Å². The third-order valence-corrected chi connectivity index (χ3v) is 4.32. The molecule has 2 heterocycles. The van der Waals surface area contributed by atoms with E-state index in [0.717, 1.165) is 0 Å². The molecule has 26 heavy (non-hydrogen) atoms. The highest BCUT2D eigenvalue weighted by Crippen LogP contribution is 2.27. The maximum absolute atomic E-state index is 14.0. The van der Waals surface area contributed by atoms with Crippen LogP contribution in [0.4, 0.5) is 16.2 Å². The molecule has 0 saturated carbocycles. The zero-order valence-electron chi connectivity index (χ0n) is 14.6. The van der Waals surface area contributed by atoms with Crippen molar-refractivity contribution in [2.75, 3.05) is 37.0 Å². The van der Waals surface area contributed by atoms with Crippen LogP contribution in [0, 0.1) is 17.1 Å². The molecule has 2 atom stereocenters. The molecule has 0 unspecified atom stereocenters. The summed E-state index contributed by atoms with van der Waals surface area (Å²) in [5, 5.41) is 21.2. The van der Waals surface area contributed by atoms with Crippen LogP contribution in [0.5, 0.6) is 0 Å². The van der Waals surface area contributed by atoms with Crippen LogP contribution in [0.15, 0.2) is 24.3 Å². The number of hydrogen-bond donors (Lipinski definition) is 2. The summed E-state index contributed by atoms with van der Waals surface area (Å²) in [6.07, 6.45) is -0.282. The first-order valence-corrected chi connectivity index (χ1v) is 8.31. The van der Waals surface area contributed by atoms with Crippen LogP contribution >= 0.6 is 0 Å². The summed E-state index contributed by atoms with van der Waals surface area (Å²) in [6.45, 7) is 2.92. The van der Waals surface area contributed by atoms with Gasteiger partial charge in [0.25, 0.3) is 0 Å². The number of ether oxygens (including phenoxy) is 1. The van der Waals surface area contributed by atoms with Crippen molar-refractivity contribution >= 4 is 11.8 Å². The van der Waals surface area contributed by atoms with E-state index in [9.17, 15) is 9.50 Å². The lowest BCUT2D eigenvalue weighted by molar-refractivity contribution is -0.0105. The van der Waals surface area contributed by atoms with Gasteiger partial charge in [0.05, 0.1) is 36.6 Å². The molecule has 0 bridgehead atoms. The summed E-state index contributed by atoms with van der Waals surface area (Å²) in [6, 6.07) is 8.05. The zero-order valence-corrected chi connectivity index (χ0v) is 14.6. The summed E-state index contributed by atoms with van der Waals surface area (Å²) in [5.41, 5.74) is 1.09. The van der Waals surface area contributed by atoms with Crippen molar-refractivity contribution in [3.63, 3.8) is 0 Å². The van der Waals surface area contributed by atoms with E-state index < -0.39 is 5.82 Å². The van der Waals surface area contributed by atoms with Crippen LogP contribution < -0.4 is 10.2 Å². The van der Waals surface area contributed by atoms with Gasteiger partial charge in [-0.3, -0.25) is 0 Å². The Balaban J connectivity index is 2.01. The Hall–Kier alpha value is -2.76. The molecule has 2 N–H and O–H groups in total. The monoisotopic (exact) mass is 357 g/mol. The van der Waals surface area contributed by atoms with E-state index in [1.807, 2.05) is 17.9 Å². The highest BCUT2D eigenvalue weighted by molar-refractivity contribution is 5.66. The Bertz CT molecular complexity index is 839. The van der Waals surface area contributed by atoms with Crippen molar-refractivity contribution in [3.8, 4) is 17.3 Å². The van der Waals surface area contributed by atoms with Crippen molar-refractivity contribution in [3.05, 3.63) is 35.6 Å². The minimum absolute atomic E-state index is 0.00976. The number of nitrogens with one attached hydrogen (secondary N) is 1. The summed E-state index contributed by atoms with van der Waals surface area (Å²) in [7, 11) is 1.71. The molecular weight excluding hydrogens is 337 g/mol. The van der Waals surface area contributed by atoms with E-state index in [-0.39, 0.29) is 24.3 Å². The average molecular weight is 357 g/mol. The van der Waals surface area contributed by atoms with Crippen LogP contribution in [-0.2, 0) is 4.74 Å². The maximum atomic E-state index is 14.0. The highest BCUT2D eigenvalue weighted by atomic mass is 19.1. The van der Waals surface area contributed by atoms with Gasteiger partial charge in [-0.15, -0.1) is 0 Å². The van der Waals surface area contributed by atoms with E-state index in [2.05, 4.69) is 15.3 Å². The molecule has 1 aromatic heterocycles. The van der Waals surface area contributed by atoms with Crippen LogP contribution in [-0.4, -0.2) is 54.0 Å². The molecule has 3 rings (SSSR count). The Labute approximate surface area is 151 Å². The van der Waals surface area contributed by atoms with Gasteiger partial charge in [0, 0.05) is 25.2 Å². The SMILES string of the molecule is CNc1nc(-c2ccc(C#N)c(F)c2)cc(N2C[C@@H](CO)OC[C@H]2C)n1. The molecule has 1 saturated heterocycles. The molecule has 0 amide bonds. The molecule has 7 nitrogen and oxygen atoms in total. The second-order valence-electron chi connectivity index (χ2n) is 6.13.